The van der Waals surface area contributed by atoms with Crippen molar-refractivity contribution < 1.29 is 37.0 Å². The number of benzene rings is 1. The maximum absolute atomic E-state index is 14.3. The molecule has 0 spiro atoms. The Morgan fingerprint density at radius 1 is 1.20 bits per heavy atom. The molecule has 1 aliphatic heterocycles. The number of hydrogen-bond donors (Lipinski definition) is 2. The first-order valence-electron chi connectivity index (χ1n) is 13.0. The van der Waals surface area contributed by atoms with E-state index in [1.807, 2.05) is 0 Å². The Bertz CT molecular complexity index is 1490. The second-order valence-corrected chi connectivity index (χ2v) is 11.1. The van der Waals surface area contributed by atoms with Gasteiger partial charge in [-0.3, -0.25) is 4.79 Å². The molecule has 2 atom stereocenters. The lowest BCUT2D eigenvalue weighted by Gasteiger charge is -2.33. The van der Waals surface area contributed by atoms with Crippen LogP contribution < -0.4 is 20.1 Å². The van der Waals surface area contributed by atoms with Crippen LogP contribution in [0.5, 0.6) is 11.5 Å². The summed E-state index contributed by atoms with van der Waals surface area (Å²) >= 11 is 7.78. The molecule has 2 aliphatic rings. The molecule has 2 N–H and O–H groups in total. The number of nitrogens with one attached hydrogen (secondary N) is 2. The van der Waals surface area contributed by atoms with Crippen LogP contribution >= 0.6 is 22.9 Å². The monoisotopic (exact) mass is 612 g/mol. The highest BCUT2D eigenvalue weighted by Crippen LogP contribution is 2.47. The first-order chi connectivity index (χ1) is 19.6. The number of amides is 1. The topological polar surface area (TPSA) is 104 Å². The van der Waals surface area contributed by atoms with Gasteiger partial charge in [-0.15, -0.1) is 11.3 Å². The largest absolute Gasteiger partial charge is 0.493 e. The second kappa shape index (κ2) is 11.4. The Morgan fingerprint density at radius 3 is 2.61 bits per heavy atom. The number of anilines is 2. The molecule has 0 radical (unpaired) electrons. The van der Waals surface area contributed by atoms with E-state index in [1.165, 1.54) is 25.6 Å². The third-order valence-electron chi connectivity index (χ3n) is 7.20. The number of esters is 1. The first-order valence-corrected chi connectivity index (χ1v) is 14.2. The number of nitrogens with zero attached hydrogens (tertiary/aromatic N) is 2. The van der Waals surface area contributed by atoms with Crippen molar-refractivity contribution in [2.75, 3.05) is 31.5 Å². The Labute approximate surface area is 242 Å². The summed E-state index contributed by atoms with van der Waals surface area (Å²) in [5.41, 5.74) is 1.23. The van der Waals surface area contributed by atoms with Crippen molar-refractivity contribution in [3.63, 3.8) is 0 Å². The highest BCUT2D eigenvalue weighted by molar-refractivity contribution is 7.17. The van der Waals surface area contributed by atoms with Crippen molar-refractivity contribution in [1.82, 2.24) is 9.78 Å². The standard InChI is InChI=1S/C27H28ClF3N4O5S/c1-4-40-26(37)20-14-7-5-6-8-18(14)41-25(20)33-24(36)22-21(28)23-32-15(12-19(27(29,30)31)35(23)34-22)13-9-10-16(38-2)17(11-13)39-3/h9-11,15,19,32H,4-8,12H2,1-3H3,(H,33,36). The molecule has 1 amide bonds. The van der Waals surface area contributed by atoms with Crippen molar-refractivity contribution in [2.45, 2.75) is 57.3 Å². The van der Waals surface area contributed by atoms with E-state index in [9.17, 15) is 22.8 Å². The van der Waals surface area contributed by atoms with Crippen molar-refractivity contribution in [3.05, 3.63) is 50.5 Å². The Morgan fingerprint density at radius 2 is 1.93 bits per heavy atom. The van der Waals surface area contributed by atoms with Gasteiger partial charge in [0.15, 0.2) is 23.2 Å². The van der Waals surface area contributed by atoms with Gasteiger partial charge < -0.3 is 24.8 Å². The molecule has 0 bridgehead atoms. The number of fused-ring (bicyclic) bond motifs is 2. The summed E-state index contributed by atoms with van der Waals surface area (Å²) in [4.78, 5) is 27.2. The fourth-order valence-electron chi connectivity index (χ4n) is 5.26. The summed E-state index contributed by atoms with van der Waals surface area (Å²) in [6, 6.07) is 1.95. The SMILES string of the molecule is CCOC(=O)c1c(NC(=O)c2nn3c(c2Cl)NC(c2ccc(OC)c(OC)c2)CC3C(F)(F)F)sc2c1CCCC2. The average molecular weight is 613 g/mol. The van der Waals surface area contributed by atoms with Crippen LogP contribution in [0.15, 0.2) is 18.2 Å². The van der Waals surface area contributed by atoms with Gasteiger partial charge in [0.2, 0.25) is 0 Å². The van der Waals surface area contributed by atoms with E-state index >= 15 is 0 Å². The summed E-state index contributed by atoms with van der Waals surface area (Å²) in [5.74, 6) is -0.739. The molecular weight excluding hydrogens is 585 g/mol. The zero-order valence-corrected chi connectivity index (χ0v) is 24.1. The zero-order chi connectivity index (χ0) is 29.5. The number of carbonyl (C=O) groups is 2. The smallest absolute Gasteiger partial charge is 0.410 e. The van der Waals surface area contributed by atoms with Crippen molar-refractivity contribution in [1.29, 1.82) is 0 Å². The highest BCUT2D eigenvalue weighted by Gasteiger charge is 2.48. The number of rotatable bonds is 7. The average Bonchev–Trinajstić information content (AvgIpc) is 3.48. The van der Waals surface area contributed by atoms with Crippen molar-refractivity contribution in [3.8, 4) is 11.5 Å². The number of ether oxygens (including phenoxy) is 3. The minimum Gasteiger partial charge on any atom is -0.493 e. The molecule has 0 saturated carbocycles. The highest BCUT2D eigenvalue weighted by atomic mass is 35.5. The minimum absolute atomic E-state index is 0.138. The number of hydrogen-bond acceptors (Lipinski definition) is 8. The molecule has 14 heteroatoms. The Hall–Kier alpha value is -3.45. The third-order valence-corrected chi connectivity index (χ3v) is 8.76. The van der Waals surface area contributed by atoms with Crippen LogP contribution in [-0.4, -0.2) is 48.7 Å². The van der Waals surface area contributed by atoms with Gasteiger partial charge in [0.05, 0.1) is 32.4 Å². The molecule has 3 aromatic rings. The number of methoxy groups -OCH3 is 2. The molecular formula is C27H28ClF3N4O5S. The predicted octanol–water partition coefficient (Wildman–Crippen LogP) is 6.58. The summed E-state index contributed by atoms with van der Waals surface area (Å²) in [6.45, 7) is 1.84. The fraction of sp³-hybridized carbons (Fsp3) is 0.444. The van der Waals surface area contributed by atoms with Crippen LogP contribution in [0.4, 0.5) is 24.0 Å². The molecule has 41 heavy (non-hydrogen) atoms. The molecule has 3 heterocycles. The normalized spacial score (nSPS) is 18.1. The van der Waals surface area contributed by atoms with Crippen LogP contribution in [0, 0.1) is 0 Å². The Kier molecular flexibility index (Phi) is 8.11. The molecule has 0 fully saturated rings. The van der Waals surface area contributed by atoms with Gasteiger partial charge in [-0.2, -0.15) is 18.3 Å². The number of aromatic nitrogens is 2. The van der Waals surface area contributed by atoms with Crippen molar-refractivity contribution >= 4 is 45.6 Å². The van der Waals surface area contributed by atoms with E-state index in [0.717, 1.165) is 29.7 Å². The van der Waals surface area contributed by atoms with E-state index in [-0.39, 0.29) is 28.0 Å². The quantitative estimate of drug-likeness (QED) is 0.290. The van der Waals surface area contributed by atoms with Gasteiger partial charge in [-0.05, 0) is 55.9 Å². The lowest BCUT2D eigenvalue weighted by Crippen LogP contribution is -2.35. The van der Waals surface area contributed by atoms with Gasteiger partial charge in [0, 0.05) is 11.3 Å². The summed E-state index contributed by atoms with van der Waals surface area (Å²) in [5, 5.41) is 9.71. The van der Waals surface area contributed by atoms with Crippen LogP contribution in [0.3, 0.4) is 0 Å². The van der Waals surface area contributed by atoms with Crippen LogP contribution in [0.2, 0.25) is 5.02 Å². The lowest BCUT2D eigenvalue weighted by atomic mass is 9.95. The van der Waals surface area contributed by atoms with Crippen LogP contribution in [-0.2, 0) is 17.6 Å². The van der Waals surface area contributed by atoms with Crippen LogP contribution in [0.1, 0.15) is 75.1 Å². The molecule has 1 aliphatic carbocycles. The van der Waals surface area contributed by atoms with E-state index in [2.05, 4.69) is 15.7 Å². The molecule has 220 valence electrons. The number of thiophene rings is 1. The van der Waals surface area contributed by atoms with Gasteiger partial charge in [-0.25, -0.2) is 9.48 Å². The zero-order valence-electron chi connectivity index (χ0n) is 22.5. The van der Waals surface area contributed by atoms with Gasteiger partial charge in [-0.1, -0.05) is 17.7 Å². The third kappa shape index (κ3) is 5.44. The second-order valence-electron chi connectivity index (χ2n) is 9.65. The number of aryl methyl sites for hydroxylation is 1. The fourth-order valence-corrected chi connectivity index (χ4v) is 6.80. The molecule has 5 rings (SSSR count). The van der Waals surface area contributed by atoms with Crippen LogP contribution in [0.25, 0.3) is 0 Å². The first kappa shape index (κ1) is 29.1. The van der Waals surface area contributed by atoms with E-state index < -0.39 is 42.3 Å². The summed E-state index contributed by atoms with van der Waals surface area (Å²) < 4.78 is 59.3. The maximum Gasteiger partial charge on any atom is 0.410 e. The van der Waals surface area contributed by atoms with Crippen molar-refractivity contribution in [2.24, 2.45) is 0 Å². The molecule has 9 nitrogen and oxygen atoms in total. The number of carbonyl (C=O) groups excluding carboxylic acids is 2. The number of halogens is 4. The summed E-state index contributed by atoms with van der Waals surface area (Å²) in [6.07, 6.45) is -1.81. The van der Waals surface area contributed by atoms with Gasteiger partial charge in [0.25, 0.3) is 5.91 Å². The predicted molar refractivity (Wildman–Crippen MR) is 148 cm³/mol. The van der Waals surface area contributed by atoms with E-state index in [1.54, 1.807) is 25.1 Å². The maximum atomic E-state index is 14.3. The summed E-state index contributed by atoms with van der Waals surface area (Å²) in [7, 11) is 2.89. The number of alkyl halides is 3. The molecule has 1 aromatic carbocycles. The van der Waals surface area contributed by atoms with E-state index in [0.29, 0.717) is 28.2 Å². The molecule has 2 unspecified atom stereocenters. The van der Waals surface area contributed by atoms with Gasteiger partial charge in [0.1, 0.15) is 15.8 Å². The molecule has 2 aromatic heterocycles. The van der Waals surface area contributed by atoms with E-state index in [4.69, 9.17) is 25.8 Å². The minimum atomic E-state index is -4.68. The lowest BCUT2D eigenvalue weighted by molar-refractivity contribution is -0.173. The van der Waals surface area contributed by atoms with Gasteiger partial charge >= 0.3 is 12.1 Å². The Balaban J connectivity index is 1.50. The molecule has 0 saturated heterocycles.